The van der Waals surface area contributed by atoms with Gasteiger partial charge in [-0.3, -0.25) is 4.79 Å². The second-order valence-corrected chi connectivity index (χ2v) is 5.43. The summed E-state index contributed by atoms with van der Waals surface area (Å²) >= 11 is 5.09. The largest absolute Gasteiger partial charge is 0.389 e. The molecule has 2 atom stereocenters. The van der Waals surface area contributed by atoms with Gasteiger partial charge in [0.15, 0.2) is 0 Å². The molecule has 0 spiro atoms. The normalized spacial score (nSPS) is 25.9. The van der Waals surface area contributed by atoms with Gasteiger partial charge in [-0.2, -0.15) is 0 Å². The highest BCUT2D eigenvalue weighted by Crippen LogP contribution is 2.32. The highest BCUT2D eigenvalue weighted by molar-refractivity contribution is 7.80. The van der Waals surface area contributed by atoms with Crippen LogP contribution in [0.1, 0.15) is 18.4 Å². The van der Waals surface area contributed by atoms with Gasteiger partial charge in [0.2, 0.25) is 5.91 Å². The van der Waals surface area contributed by atoms with Crippen molar-refractivity contribution in [2.24, 2.45) is 11.7 Å². The third kappa shape index (κ3) is 2.06. The van der Waals surface area contributed by atoms with Crippen LogP contribution in [0.25, 0.3) is 0 Å². The number of anilines is 1. The summed E-state index contributed by atoms with van der Waals surface area (Å²) in [6, 6.07) is 3.89. The van der Waals surface area contributed by atoms with E-state index in [2.05, 4.69) is 15.2 Å². The van der Waals surface area contributed by atoms with Crippen molar-refractivity contribution >= 4 is 28.9 Å². The number of rotatable bonds is 2. The van der Waals surface area contributed by atoms with E-state index in [0.717, 1.165) is 30.8 Å². The highest BCUT2D eigenvalue weighted by atomic mass is 32.1. The Kier molecular flexibility index (Phi) is 3.10. The molecule has 0 saturated carbocycles. The topological polar surface area (TPSA) is 71.2 Å². The predicted molar refractivity (Wildman–Crippen MR) is 77.0 cm³/mol. The first kappa shape index (κ1) is 12.3. The minimum absolute atomic E-state index is 0.0648. The molecule has 1 aromatic rings. The van der Waals surface area contributed by atoms with E-state index in [1.54, 1.807) is 6.20 Å². The maximum atomic E-state index is 11.8. The smallest absolute Gasteiger partial charge is 0.225 e. The molecule has 5 nitrogen and oxygen atoms in total. The second kappa shape index (κ2) is 4.77. The summed E-state index contributed by atoms with van der Waals surface area (Å²) in [7, 11) is 0. The van der Waals surface area contributed by atoms with Crippen molar-refractivity contribution < 1.29 is 4.79 Å². The van der Waals surface area contributed by atoms with Crippen LogP contribution < -0.4 is 16.0 Å². The first-order chi connectivity index (χ1) is 9.18. The van der Waals surface area contributed by atoms with E-state index < -0.39 is 0 Å². The van der Waals surface area contributed by atoms with Crippen molar-refractivity contribution in [2.75, 3.05) is 18.0 Å². The van der Waals surface area contributed by atoms with E-state index in [0.29, 0.717) is 11.5 Å². The molecule has 2 saturated heterocycles. The minimum atomic E-state index is 0.0648. The van der Waals surface area contributed by atoms with Gasteiger partial charge in [0, 0.05) is 19.3 Å². The lowest BCUT2D eigenvalue weighted by molar-refractivity contribution is -0.122. The lowest BCUT2D eigenvalue weighted by atomic mass is 9.91. The van der Waals surface area contributed by atoms with Crippen LogP contribution in [0.15, 0.2) is 18.3 Å². The SMILES string of the molecule is NC(=S)c1cccnc1N1CCCC2C(=O)NCC21. The average molecular weight is 276 g/mol. The molecule has 2 aliphatic rings. The number of nitrogens with two attached hydrogens (primary N) is 1. The maximum absolute atomic E-state index is 11.8. The molecule has 0 radical (unpaired) electrons. The van der Waals surface area contributed by atoms with Crippen molar-refractivity contribution in [3.8, 4) is 0 Å². The summed E-state index contributed by atoms with van der Waals surface area (Å²) in [6.07, 6.45) is 3.68. The number of amides is 1. The first-order valence-corrected chi connectivity index (χ1v) is 6.88. The Labute approximate surface area is 117 Å². The fourth-order valence-electron chi connectivity index (χ4n) is 3.03. The first-order valence-electron chi connectivity index (χ1n) is 6.47. The molecular weight excluding hydrogens is 260 g/mol. The number of nitrogens with one attached hydrogen (secondary N) is 1. The molecule has 3 rings (SSSR count). The molecule has 19 heavy (non-hydrogen) atoms. The average Bonchev–Trinajstić information content (AvgIpc) is 2.81. The third-order valence-electron chi connectivity index (χ3n) is 3.93. The molecule has 2 unspecified atom stereocenters. The predicted octanol–water partition coefficient (Wildman–Crippen LogP) is 0.431. The van der Waals surface area contributed by atoms with Gasteiger partial charge in [0.25, 0.3) is 0 Å². The molecule has 3 N–H and O–H groups in total. The fraction of sp³-hybridized carbons (Fsp3) is 0.462. The summed E-state index contributed by atoms with van der Waals surface area (Å²) < 4.78 is 0. The summed E-state index contributed by atoms with van der Waals surface area (Å²) in [5.41, 5.74) is 6.56. The van der Waals surface area contributed by atoms with Crippen LogP contribution in [0.3, 0.4) is 0 Å². The molecule has 0 bridgehead atoms. The van der Waals surface area contributed by atoms with Crippen molar-refractivity contribution in [2.45, 2.75) is 18.9 Å². The van der Waals surface area contributed by atoms with Crippen molar-refractivity contribution in [3.05, 3.63) is 23.9 Å². The number of thiocarbonyl (C=S) groups is 1. The Morgan fingerprint density at radius 2 is 2.42 bits per heavy atom. The van der Waals surface area contributed by atoms with Crippen LogP contribution in [0.5, 0.6) is 0 Å². The Morgan fingerprint density at radius 3 is 3.21 bits per heavy atom. The third-order valence-corrected chi connectivity index (χ3v) is 4.15. The molecule has 1 amide bonds. The van der Waals surface area contributed by atoms with Gasteiger partial charge in [-0.05, 0) is 25.0 Å². The number of hydrogen-bond acceptors (Lipinski definition) is 4. The van der Waals surface area contributed by atoms with E-state index >= 15 is 0 Å². The molecule has 0 aromatic carbocycles. The van der Waals surface area contributed by atoms with E-state index in [1.807, 2.05) is 12.1 Å². The van der Waals surface area contributed by atoms with Crippen LogP contribution in [-0.2, 0) is 4.79 Å². The highest BCUT2D eigenvalue weighted by Gasteiger charge is 2.41. The summed E-state index contributed by atoms with van der Waals surface area (Å²) in [5, 5.41) is 2.94. The standard InChI is InChI=1S/C13H16N4OS/c14-11(19)9-3-1-5-15-12(9)17-6-2-4-8-10(17)7-16-13(8)18/h1,3,5,8,10H,2,4,6-7H2,(H2,14,19)(H,16,18). The monoisotopic (exact) mass is 276 g/mol. The maximum Gasteiger partial charge on any atom is 0.225 e. The molecule has 1 aromatic heterocycles. The zero-order valence-corrected chi connectivity index (χ0v) is 11.3. The number of pyridine rings is 1. The quantitative estimate of drug-likeness (QED) is 0.767. The van der Waals surface area contributed by atoms with Gasteiger partial charge in [-0.15, -0.1) is 0 Å². The molecule has 0 aliphatic carbocycles. The number of hydrogen-bond donors (Lipinski definition) is 2. The number of nitrogens with zero attached hydrogens (tertiary/aromatic N) is 2. The van der Waals surface area contributed by atoms with Gasteiger partial charge in [-0.1, -0.05) is 12.2 Å². The number of carbonyl (C=O) groups is 1. The number of piperidine rings is 1. The summed E-state index contributed by atoms with van der Waals surface area (Å²) in [4.78, 5) is 18.8. The summed E-state index contributed by atoms with van der Waals surface area (Å²) in [5.74, 6) is 1.03. The molecule has 6 heteroatoms. The van der Waals surface area contributed by atoms with Crippen molar-refractivity contribution in [1.29, 1.82) is 0 Å². The van der Waals surface area contributed by atoms with Gasteiger partial charge in [-0.25, -0.2) is 4.98 Å². The van der Waals surface area contributed by atoms with E-state index in [9.17, 15) is 4.79 Å². The summed E-state index contributed by atoms with van der Waals surface area (Å²) in [6.45, 7) is 1.57. The zero-order chi connectivity index (χ0) is 13.4. The van der Waals surface area contributed by atoms with Gasteiger partial charge in [0.05, 0.1) is 17.5 Å². The number of aromatic nitrogens is 1. The Hall–Kier alpha value is -1.69. The van der Waals surface area contributed by atoms with Crippen LogP contribution >= 0.6 is 12.2 Å². The minimum Gasteiger partial charge on any atom is -0.389 e. The van der Waals surface area contributed by atoms with Crippen LogP contribution in [0.4, 0.5) is 5.82 Å². The lowest BCUT2D eigenvalue weighted by Crippen LogP contribution is -2.46. The Balaban J connectivity index is 1.97. The number of fused-ring (bicyclic) bond motifs is 1. The van der Waals surface area contributed by atoms with E-state index in [-0.39, 0.29) is 17.9 Å². The zero-order valence-electron chi connectivity index (χ0n) is 10.5. The van der Waals surface area contributed by atoms with Crippen LogP contribution in [0.2, 0.25) is 0 Å². The fourth-order valence-corrected chi connectivity index (χ4v) is 3.19. The van der Waals surface area contributed by atoms with Crippen molar-refractivity contribution in [1.82, 2.24) is 10.3 Å². The second-order valence-electron chi connectivity index (χ2n) is 4.99. The molecule has 2 aliphatic heterocycles. The van der Waals surface area contributed by atoms with Gasteiger partial charge in [0.1, 0.15) is 10.8 Å². The van der Waals surface area contributed by atoms with Gasteiger partial charge >= 0.3 is 0 Å². The van der Waals surface area contributed by atoms with Crippen LogP contribution in [-0.4, -0.2) is 35.0 Å². The van der Waals surface area contributed by atoms with E-state index in [4.69, 9.17) is 18.0 Å². The number of carbonyl (C=O) groups excluding carboxylic acids is 1. The molecule has 2 fully saturated rings. The lowest BCUT2D eigenvalue weighted by Gasteiger charge is -2.37. The molecular formula is C13H16N4OS. The van der Waals surface area contributed by atoms with E-state index in [1.165, 1.54) is 0 Å². The van der Waals surface area contributed by atoms with Crippen molar-refractivity contribution in [3.63, 3.8) is 0 Å². The molecule has 3 heterocycles. The molecule has 100 valence electrons. The van der Waals surface area contributed by atoms with Crippen LogP contribution in [0, 0.1) is 5.92 Å². The Bertz CT molecular complexity index is 533. The Morgan fingerprint density at radius 1 is 1.58 bits per heavy atom. The van der Waals surface area contributed by atoms with Gasteiger partial charge < -0.3 is 16.0 Å².